The van der Waals surface area contributed by atoms with E-state index >= 15 is 0 Å². The summed E-state index contributed by atoms with van der Waals surface area (Å²) in [5.41, 5.74) is 2.06. The molecule has 0 unspecified atom stereocenters. The second-order valence-electron chi connectivity index (χ2n) is 3.36. The molecule has 4 N–H and O–H groups in total. The minimum Gasteiger partial charge on any atom is -0.394 e. The van der Waals surface area contributed by atoms with Crippen LogP contribution < -0.4 is 5.48 Å². The minimum absolute atomic E-state index is 0.0257. The van der Waals surface area contributed by atoms with Crippen LogP contribution in [0, 0.1) is 0 Å². The van der Waals surface area contributed by atoms with E-state index in [1.165, 1.54) is 6.92 Å². The molecule has 1 aliphatic rings. The molecule has 0 aromatic carbocycles. The number of aliphatic hydroxyl groups is 3. The van der Waals surface area contributed by atoms with Gasteiger partial charge in [-0.3, -0.25) is 4.79 Å². The third-order valence-electron chi connectivity index (χ3n) is 2.05. The fourth-order valence-electron chi connectivity index (χ4n) is 1.29. The molecular weight excluding hydrogens is 206 g/mol. The molecule has 0 aromatic rings. The first-order valence-electron chi connectivity index (χ1n) is 4.59. The quantitative estimate of drug-likeness (QED) is 0.406. The van der Waals surface area contributed by atoms with Crippen LogP contribution in [0.1, 0.15) is 13.3 Å². The number of aliphatic hydroxyl groups excluding tert-OH is 3. The predicted octanol–water partition coefficient (Wildman–Crippen LogP) is -2.12. The number of ether oxygens (including phenoxy) is 1. The molecule has 1 rings (SSSR count). The van der Waals surface area contributed by atoms with Crippen molar-refractivity contribution in [2.75, 3.05) is 6.61 Å². The summed E-state index contributed by atoms with van der Waals surface area (Å²) in [5.74, 6) is -0.403. The van der Waals surface area contributed by atoms with Crippen LogP contribution in [0.5, 0.6) is 0 Å². The number of nitrogens with one attached hydrogen (secondary N) is 1. The molecule has 0 radical (unpaired) electrons. The highest BCUT2D eigenvalue weighted by molar-refractivity contribution is 5.71. The van der Waals surface area contributed by atoms with E-state index in [1.807, 2.05) is 0 Å². The zero-order valence-corrected chi connectivity index (χ0v) is 8.29. The molecule has 15 heavy (non-hydrogen) atoms. The number of carbonyl (C=O) groups is 1. The molecule has 0 aliphatic carbocycles. The summed E-state index contributed by atoms with van der Waals surface area (Å²) in [7, 11) is 0. The van der Waals surface area contributed by atoms with Crippen molar-refractivity contribution in [1.29, 1.82) is 0 Å². The van der Waals surface area contributed by atoms with Crippen LogP contribution in [-0.4, -0.2) is 52.4 Å². The number of carbonyl (C=O) groups excluding carboxylic acids is 1. The molecule has 7 nitrogen and oxygen atoms in total. The normalized spacial score (nSPS) is 36.3. The van der Waals surface area contributed by atoms with Crippen molar-refractivity contribution in [1.82, 2.24) is 5.48 Å². The Bertz CT molecular complexity index is 223. The van der Waals surface area contributed by atoms with Gasteiger partial charge in [-0.05, 0) is 0 Å². The average molecular weight is 221 g/mol. The maximum absolute atomic E-state index is 10.5. The van der Waals surface area contributed by atoms with Gasteiger partial charge in [-0.1, -0.05) is 0 Å². The average Bonchev–Trinajstić information content (AvgIpc) is 2.19. The fraction of sp³-hybridized carbons (Fsp3) is 0.875. The first-order chi connectivity index (χ1) is 7.04. The SMILES string of the molecule is CC(=O)NO[C@@H]1C[C@H](O)[C@@H](O)[C@H](CO)O1. The van der Waals surface area contributed by atoms with Gasteiger partial charge in [-0.15, -0.1) is 0 Å². The van der Waals surface area contributed by atoms with E-state index < -0.39 is 37.1 Å². The van der Waals surface area contributed by atoms with Gasteiger partial charge in [0.25, 0.3) is 0 Å². The molecule has 1 fully saturated rings. The van der Waals surface area contributed by atoms with Crippen LogP contribution >= 0.6 is 0 Å². The highest BCUT2D eigenvalue weighted by atomic mass is 16.8. The largest absolute Gasteiger partial charge is 0.394 e. The number of amides is 1. The van der Waals surface area contributed by atoms with Gasteiger partial charge in [0.05, 0.1) is 12.7 Å². The molecule has 1 amide bonds. The minimum atomic E-state index is -1.15. The summed E-state index contributed by atoms with van der Waals surface area (Å²) in [6.07, 6.45) is -3.95. The van der Waals surface area contributed by atoms with Gasteiger partial charge in [0, 0.05) is 13.3 Å². The van der Waals surface area contributed by atoms with Gasteiger partial charge in [0.15, 0.2) is 6.29 Å². The second kappa shape index (κ2) is 5.38. The van der Waals surface area contributed by atoms with Crippen LogP contribution in [0.4, 0.5) is 0 Å². The smallest absolute Gasteiger partial charge is 0.240 e. The van der Waals surface area contributed by atoms with Crippen molar-refractivity contribution in [3.63, 3.8) is 0 Å². The first-order valence-corrected chi connectivity index (χ1v) is 4.59. The summed E-state index contributed by atoms with van der Waals surface area (Å²) < 4.78 is 5.07. The van der Waals surface area contributed by atoms with Gasteiger partial charge in [-0.25, -0.2) is 10.3 Å². The van der Waals surface area contributed by atoms with E-state index in [4.69, 9.17) is 14.7 Å². The third kappa shape index (κ3) is 3.40. The van der Waals surface area contributed by atoms with Gasteiger partial charge in [0.1, 0.15) is 12.2 Å². The number of rotatable bonds is 3. The van der Waals surface area contributed by atoms with E-state index in [1.54, 1.807) is 0 Å². The Hall–Kier alpha value is -0.730. The van der Waals surface area contributed by atoms with Gasteiger partial charge in [-0.2, -0.15) is 0 Å². The summed E-state index contributed by atoms with van der Waals surface area (Å²) in [6, 6.07) is 0. The lowest BCUT2D eigenvalue weighted by Gasteiger charge is -2.35. The molecule has 1 saturated heterocycles. The second-order valence-corrected chi connectivity index (χ2v) is 3.36. The number of hydroxylamine groups is 1. The highest BCUT2D eigenvalue weighted by Crippen LogP contribution is 2.20. The predicted molar refractivity (Wildman–Crippen MR) is 47.3 cm³/mol. The topological polar surface area (TPSA) is 108 Å². The molecule has 88 valence electrons. The highest BCUT2D eigenvalue weighted by Gasteiger charge is 2.37. The van der Waals surface area contributed by atoms with E-state index in [0.29, 0.717) is 0 Å². The van der Waals surface area contributed by atoms with E-state index in [2.05, 4.69) is 5.48 Å². The van der Waals surface area contributed by atoms with Crippen LogP contribution in [0.15, 0.2) is 0 Å². The Labute approximate surface area is 86.6 Å². The molecular formula is C8H15NO6. The fourth-order valence-corrected chi connectivity index (χ4v) is 1.29. The van der Waals surface area contributed by atoms with Crippen LogP contribution in [-0.2, 0) is 14.4 Å². The summed E-state index contributed by atoms with van der Waals surface area (Å²) in [6.45, 7) is 0.829. The van der Waals surface area contributed by atoms with Crippen molar-refractivity contribution in [2.24, 2.45) is 0 Å². The van der Waals surface area contributed by atoms with Crippen LogP contribution in [0.2, 0.25) is 0 Å². The van der Waals surface area contributed by atoms with E-state index in [0.717, 1.165) is 0 Å². The lowest BCUT2D eigenvalue weighted by atomic mass is 10.0. The van der Waals surface area contributed by atoms with Gasteiger partial charge < -0.3 is 20.1 Å². The molecule has 1 aliphatic heterocycles. The molecule has 0 aromatic heterocycles. The lowest BCUT2D eigenvalue weighted by molar-refractivity contribution is -0.271. The zero-order valence-electron chi connectivity index (χ0n) is 8.29. The maximum atomic E-state index is 10.5. The van der Waals surface area contributed by atoms with Gasteiger partial charge in [0.2, 0.25) is 5.91 Å². The third-order valence-corrected chi connectivity index (χ3v) is 2.05. The molecule has 7 heteroatoms. The summed E-state index contributed by atoms with van der Waals surface area (Å²) >= 11 is 0. The Balaban J connectivity index is 2.44. The standard InChI is InChI=1S/C8H15NO6/c1-4(11)9-15-7-2-5(12)8(13)6(3-10)14-7/h5-8,10,12-13H,2-3H2,1H3,(H,9,11)/t5-,6-,7+,8+/m0/s1. The Morgan fingerprint density at radius 1 is 1.60 bits per heavy atom. The van der Waals surface area contributed by atoms with E-state index in [9.17, 15) is 15.0 Å². The van der Waals surface area contributed by atoms with Gasteiger partial charge >= 0.3 is 0 Å². The van der Waals surface area contributed by atoms with Crippen molar-refractivity contribution >= 4 is 5.91 Å². The molecule has 0 bridgehead atoms. The number of hydrogen-bond acceptors (Lipinski definition) is 6. The first kappa shape index (κ1) is 12.3. The zero-order chi connectivity index (χ0) is 11.4. The van der Waals surface area contributed by atoms with E-state index in [-0.39, 0.29) is 6.42 Å². The lowest BCUT2D eigenvalue weighted by Crippen LogP contribution is -2.51. The Morgan fingerprint density at radius 3 is 2.80 bits per heavy atom. The number of hydrogen-bond donors (Lipinski definition) is 4. The molecule has 0 spiro atoms. The van der Waals surface area contributed by atoms with Crippen molar-refractivity contribution in [3.8, 4) is 0 Å². The van der Waals surface area contributed by atoms with Crippen molar-refractivity contribution in [2.45, 2.75) is 37.9 Å². The van der Waals surface area contributed by atoms with Crippen molar-refractivity contribution in [3.05, 3.63) is 0 Å². The van der Waals surface area contributed by atoms with Crippen molar-refractivity contribution < 1.29 is 29.7 Å². The Kier molecular flexibility index (Phi) is 4.43. The molecule has 1 heterocycles. The maximum Gasteiger partial charge on any atom is 0.240 e. The van der Waals surface area contributed by atoms with Crippen LogP contribution in [0.25, 0.3) is 0 Å². The Morgan fingerprint density at radius 2 is 2.27 bits per heavy atom. The summed E-state index contributed by atoms with van der Waals surface area (Å²) in [4.78, 5) is 15.3. The monoisotopic (exact) mass is 221 g/mol. The summed E-state index contributed by atoms with van der Waals surface area (Å²) in [5, 5.41) is 27.6. The molecule has 0 saturated carbocycles. The van der Waals surface area contributed by atoms with Crippen LogP contribution in [0.3, 0.4) is 0 Å². The molecule has 4 atom stereocenters.